The summed E-state index contributed by atoms with van der Waals surface area (Å²) in [5, 5.41) is 0. The summed E-state index contributed by atoms with van der Waals surface area (Å²) in [6, 6.07) is 9.48. The van der Waals surface area contributed by atoms with Gasteiger partial charge in [0.15, 0.2) is 6.29 Å². The van der Waals surface area contributed by atoms with Crippen molar-refractivity contribution in [2.45, 2.75) is 53.4 Å². The Morgan fingerprint density at radius 2 is 1.55 bits per heavy atom. The van der Waals surface area contributed by atoms with Crippen LogP contribution in [-0.2, 0) is 34.4 Å². The summed E-state index contributed by atoms with van der Waals surface area (Å²) in [6.45, 7) is 9.82. The van der Waals surface area contributed by atoms with Gasteiger partial charge in [-0.2, -0.15) is 0 Å². The van der Waals surface area contributed by atoms with Crippen LogP contribution in [0.25, 0.3) is 0 Å². The van der Waals surface area contributed by atoms with Crippen LogP contribution in [0.4, 0.5) is 4.79 Å². The van der Waals surface area contributed by atoms with Crippen molar-refractivity contribution < 1.29 is 32.6 Å². The normalized spacial score (nSPS) is 11.6. The summed E-state index contributed by atoms with van der Waals surface area (Å²) in [5.41, 5.74) is 0.901. The first-order valence-electron chi connectivity index (χ1n) is 11.0. The predicted molar refractivity (Wildman–Crippen MR) is 120 cm³/mol. The Hall–Kier alpha value is -1.44. The molecule has 1 aromatic carbocycles. The lowest BCUT2D eigenvalue weighted by molar-refractivity contribution is -0.140. The van der Waals surface area contributed by atoms with Crippen LogP contribution in [0.3, 0.4) is 0 Å². The van der Waals surface area contributed by atoms with Crippen LogP contribution in [0, 0.1) is 0 Å². The topological polar surface area (TPSA) is 83.5 Å². The van der Waals surface area contributed by atoms with Crippen LogP contribution in [0.5, 0.6) is 0 Å². The molecular formula is C22H38NO7P. The van der Waals surface area contributed by atoms with Crippen LogP contribution < -0.4 is 0 Å². The van der Waals surface area contributed by atoms with Gasteiger partial charge in [0.2, 0.25) is 0 Å². The maximum atomic E-state index is 12.8. The Labute approximate surface area is 186 Å². The molecule has 1 rings (SSSR count). The fraction of sp³-hybridized carbons (Fsp3) is 0.682. The largest absolute Gasteiger partial charge is 0.445 e. The van der Waals surface area contributed by atoms with Gasteiger partial charge in [-0.1, -0.05) is 30.3 Å². The molecule has 0 aliphatic rings. The number of rotatable bonds is 17. The second kappa shape index (κ2) is 16.2. The zero-order valence-electron chi connectivity index (χ0n) is 19.3. The van der Waals surface area contributed by atoms with Gasteiger partial charge in [0.05, 0.1) is 19.4 Å². The van der Waals surface area contributed by atoms with Crippen molar-refractivity contribution in [3.05, 3.63) is 35.9 Å². The minimum absolute atomic E-state index is 0.107. The molecule has 0 aliphatic heterocycles. The van der Waals surface area contributed by atoms with Gasteiger partial charge in [-0.3, -0.25) is 4.57 Å². The molecule has 0 aliphatic carbocycles. The molecule has 0 saturated carbocycles. The predicted octanol–water partition coefficient (Wildman–Crippen LogP) is 5.07. The first kappa shape index (κ1) is 27.6. The van der Waals surface area contributed by atoms with Crippen molar-refractivity contribution in [1.29, 1.82) is 0 Å². The molecule has 0 spiro atoms. The lowest BCUT2D eigenvalue weighted by atomic mass is 10.2. The first-order valence-corrected chi connectivity index (χ1v) is 12.8. The van der Waals surface area contributed by atoms with E-state index in [1.54, 1.807) is 18.7 Å². The average Bonchev–Trinajstić information content (AvgIpc) is 2.75. The molecule has 9 heteroatoms. The van der Waals surface area contributed by atoms with Crippen molar-refractivity contribution >= 4 is 13.7 Å². The fourth-order valence-corrected chi connectivity index (χ4v) is 4.55. The van der Waals surface area contributed by atoms with Crippen LogP contribution in [-0.4, -0.2) is 63.0 Å². The molecule has 0 fully saturated rings. The van der Waals surface area contributed by atoms with Gasteiger partial charge < -0.3 is 28.2 Å². The Morgan fingerprint density at radius 3 is 2.10 bits per heavy atom. The van der Waals surface area contributed by atoms with Crippen LogP contribution in [0.2, 0.25) is 0 Å². The molecule has 0 aromatic heterocycles. The van der Waals surface area contributed by atoms with Crippen molar-refractivity contribution in [3.63, 3.8) is 0 Å². The lowest BCUT2D eigenvalue weighted by Crippen LogP contribution is -2.35. The van der Waals surface area contributed by atoms with E-state index in [-0.39, 0.29) is 38.8 Å². The highest BCUT2D eigenvalue weighted by Crippen LogP contribution is 2.47. The number of ether oxygens (including phenoxy) is 3. The molecule has 8 nitrogen and oxygen atoms in total. The molecule has 0 heterocycles. The van der Waals surface area contributed by atoms with E-state index in [9.17, 15) is 9.36 Å². The standard InChI is InChI=1S/C22H38NO7P/c1-5-26-21(27-6-2)15-12-16-23(17-18-31(25,29-7-3)30-8-4)22(24)28-19-20-13-10-9-11-14-20/h9-11,13-14,21H,5-8,12,15-19H2,1-4H3. The highest BCUT2D eigenvalue weighted by Gasteiger charge is 2.26. The molecule has 0 bridgehead atoms. The number of amides is 1. The molecule has 0 saturated heterocycles. The van der Waals surface area contributed by atoms with Gasteiger partial charge in [-0.25, -0.2) is 4.79 Å². The number of benzene rings is 1. The lowest BCUT2D eigenvalue weighted by Gasteiger charge is -2.25. The monoisotopic (exact) mass is 459 g/mol. The molecule has 1 amide bonds. The summed E-state index contributed by atoms with van der Waals surface area (Å²) in [7, 11) is -3.26. The van der Waals surface area contributed by atoms with E-state index in [0.29, 0.717) is 32.6 Å². The average molecular weight is 460 g/mol. The fourth-order valence-electron chi connectivity index (χ4n) is 2.94. The van der Waals surface area contributed by atoms with Gasteiger partial charge in [0, 0.05) is 32.7 Å². The minimum atomic E-state index is -3.26. The van der Waals surface area contributed by atoms with E-state index in [1.165, 1.54) is 0 Å². The maximum absolute atomic E-state index is 12.8. The van der Waals surface area contributed by atoms with E-state index in [1.807, 2.05) is 44.2 Å². The van der Waals surface area contributed by atoms with E-state index in [2.05, 4.69) is 0 Å². The summed E-state index contributed by atoms with van der Waals surface area (Å²) in [6.07, 6.45) is 0.621. The van der Waals surface area contributed by atoms with E-state index >= 15 is 0 Å². The number of nitrogens with zero attached hydrogens (tertiary/aromatic N) is 1. The molecule has 0 atom stereocenters. The molecule has 1 aromatic rings. The van der Waals surface area contributed by atoms with Crippen LogP contribution >= 0.6 is 7.60 Å². The third-order valence-electron chi connectivity index (χ3n) is 4.33. The Bertz CT molecular complexity index is 628. The summed E-state index contributed by atoms with van der Waals surface area (Å²) in [4.78, 5) is 14.3. The third-order valence-corrected chi connectivity index (χ3v) is 6.38. The van der Waals surface area contributed by atoms with Gasteiger partial charge in [-0.15, -0.1) is 0 Å². The van der Waals surface area contributed by atoms with Gasteiger partial charge in [0.25, 0.3) is 0 Å². The first-order chi connectivity index (χ1) is 15.0. The minimum Gasteiger partial charge on any atom is -0.445 e. The highest BCUT2D eigenvalue weighted by molar-refractivity contribution is 7.53. The van der Waals surface area contributed by atoms with Crippen molar-refractivity contribution in [2.24, 2.45) is 0 Å². The zero-order chi connectivity index (χ0) is 23.0. The Kier molecular flexibility index (Phi) is 14.4. The van der Waals surface area contributed by atoms with E-state index < -0.39 is 13.7 Å². The summed E-state index contributed by atoms with van der Waals surface area (Å²) in [5.74, 6) is 0. The van der Waals surface area contributed by atoms with Crippen LogP contribution in [0.15, 0.2) is 30.3 Å². The Morgan fingerprint density at radius 1 is 0.935 bits per heavy atom. The highest BCUT2D eigenvalue weighted by atomic mass is 31.2. The second-order valence-electron chi connectivity index (χ2n) is 6.68. The molecule has 31 heavy (non-hydrogen) atoms. The van der Waals surface area contributed by atoms with Gasteiger partial charge >= 0.3 is 13.7 Å². The third kappa shape index (κ3) is 11.7. The summed E-state index contributed by atoms with van der Waals surface area (Å²) < 4.78 is 40.1. The maximum Gasteiger partial charge on any atom is 0.410 e. The molecular weight excluding hydrogens is 421 g/mol. The summed E-state index contributed by atoms with van der Waals surface area (Å²) >= 11 is 0. The quantitative estimate of drug-likeness (QED) is 0.238. The Balaban J connectivity index is 2.72. The number of hydrogen-bond donors (Lipinski definition) is 0. The number of carbonyl (C=O) groups excluding carboxylic acids is 1. The zero-order valence-corrected chi connectivity index (χ0v) is 20.2. The van der Waals surface area contributed by atoms with Crippen molar-refractivity contribution in [3.8, 4) is 0 Å². The second-order valence-corrected chi connectivity index (χ2v) is 8.87. The van der Waals surface area contributed by atoms with Gasteiger partial charge in [0.1, 0.15) is 6.61 Å². The van der Waals surface area contributed by atoms with Crippen molar-refractivity contribution in [1.82, 2.24) is 4.90 Å². The molecule has 0 radical (unpaired) electrons. The number of hydrogen-bond acceptors (Lipinski definition) is 7. The van der Waals surface area contributed by atoms with Crippen LogP contribution in [0.1, 0.15) is 46.1 Å². The van der Waals surface area contributed by atoms with Gasteiger partial charge in [-0.05, 0) is 39.7 Å². The SMILES string of the molecule is CCOC(CCCN(CCP(=O)(OCC)OCC)C(=O)OCc1ccccc1)OCC. The smallest absolute Gasteiger partial charge is 0.410 e. The molecule has 178 valence electrons. The van der Waals surface area contributed by atoms with Crippen molar-refractivity contribution in [2.75, 3.05) is 45.7 Å². The molecule has 0 N–H and O–H groups in total. The molecule has 0 unspecified atom stereocenters. The van der Waals surface area contributed by atoms with E-state index in [0.717, 1.165) is 5.56 Å². The van der Waals surface area contributed by atoms with E-state index in [4.69, 9.17) is 23.3 Å². The number of carbonyl (C=O) groups is 1.